The molecule has 1 rings (SSSR count). The molecule has 1 aromatic rings. The third kappa shape index (κ3) is 7.06. The van der Waals surface area contributed by atoms with Crippen LogP contribution in [0.3, 0.4) is 0 Å². The first kappa shape index (κ1) is 17.2. The Labute approximate surface area is 125 Å². The lowest BCUT2D eigenvalue weighted by Gasteiger charge is -2.25. The van der Waals surface area contributed by atoms with Crippen LogP contribution in [0.1, 0.15) is 64.5 Å². The van der Waals surface area contributed by atoms with E-state index in [1.165, 1.54) is 31.2 Å². The number of rotatable bonds is 10. The van der Waals surface area contributed by atoms with Crippen LogP contribution in [-0.4, -0.2) is 13.1 Å². The molecule has 0 saturated heterocycles. The molecule has 2 heteroatoms. The third-order valence-electron chi connectivity index (χ3n) is 3.92. The van der Waals surface area contributed by atoms with E-state index < -0.39 is 0 Å². The van der Waals surface area contributed by atoms with Gasteiger partial charge in [0.05, 0.1) is 0 Å². The Morgan fingerprint density at radius 2 is 1.85 bits per heavy atom. The summed E-state index contributed by atoms with van der Waals surface area (Å²) in [4.78, 5) is 0. The predicted octanol–water partition coefficient (Wildman–Crippen LogP) is 4.27. The summed E-state index contributed by atoms with van der Waals surface area (Å²) in [6.45, 7) is 9.04. The molecule has 1 atom stereocenters. The quantitative estimate of drug-likeness (QED) is 0.626. The molecule has 0 radical (unpaired) electrons. The summed E-state index contributed by atoms with van der Waals surface area (Å²) in [5, 5.41) is 3.57. The number of nitrogens with two attached hydrogens (primary N) is 1. The Balaban J connectivity index is 2.17. The van der Waals surface area contributed by atoms with Gasteiger partial charge in [-0.2, -0.15) is 0 Å². The fraction of sp³-hybridized carbons (Fsp3) is 0.667. The highest BCUT2D eigenvalue weighted by atomic mass is 14.9. The van der Waals surface area contributed by atoms with E-state index in [0.717, 1.165) is 19.5 Å². The van der Waals surface area contributed by atoms with E-state index in [1.54, 1.807) is 0 Å². The van der Waals surface area contributed by atoms with Crippen LogP contribution in [0, 0.1) is 5.41 Å². The van der Waals surface area contributed by atoms with Gasteiger partial charge in [-0.3, -0.25) is 0 Å². The van der Waals surface area contributed by atoms with Gasteiger partial charge in [-0.1, -0.05) is 70.4 Å². The Bertz CT molecular complexity index is 346. The normalized spacial score (nSPS) is 13.4. The Kier molecular flexibility index (Phi) is 7.86. The van der Waals surface area contributed by atoms with Gasteiger partial charge in [0.15, 0.2) is 0 Å². The van der Waals surface area contributed by atoms with Gasteiger partial charge in [-0.25, -0.2) is 0 Å². The molecule has 1 unspecified atom stereocenters. The van der Waals surface area contributed by atoms with E-state index in [2.05, 4.69) is 50.4 Å². The van der Waals surface area contributed by atoms with E-state index in [0.29, 0.717) is 5.41 Å². The molecule has 0 aliphatic heterocycles. The average Bonchev–Trinajstić information content (AvgIpc) is 2.44. The maximum absolute atomic E-state index is 6.20. The van der Waals surface area contributed by atoms with Crippen LogP contribution in [0.2, 0.25) is 0 Å². The number of benzene rings is 1. The van der Waals surface area contributed by atoms with Crippen molar-refractivity contribution >= 4 is 0 Å². The Morgan fingerprint density at radius 1 is 1.15 bits per heavy atom. The molecule has 0 aromatic heterocycles. The smallest absolute Gasteiger partial charge is 0.0306 e. The molecule has 0 bridgehead atoms. The van der Waals surface area contributed by atoms with Crippen molar-refractivity contribution in [3.63, 3.8) is 0 Å². The summed E-state index contributed by atoms with van der Waals surface area (Å²) in [6, 6.07) is 10.5. The number of nitrogens with one attached hydrogen (secondary N) is 1. The molecule has 0 heterocycles. The van der Waals surface area contributed by atoms with Gasteiger partial charge in [0.2, 0.25) is 0 Å². The van der Waals surface area contributed by atoms with E-state index in [4.69, 9.17) is 5.73 Å². The summed E-state index contributed by atoms with van der Waals surface area (Å²) in [7, 11) is 0. The maximum atomic E-state index is 6.20. The second-order valence-electron chi connectivity index (χ2n) is 6.60. The minimum atomic E-state index is 0.145. The zero-order chi connectivity index (χ0) is 14.8. The second-order valence-corrected chi connectivity index (χ2v) is 6.60. The summed E-state index contributed by atoms with van der Waals surface area (Å²) >= 11 is 0. The highest BCUT2D eigenvalue weighted by Crippen LogP contribution is 2.22. The summed E-state index contributed by atoms with van der Waals surface area (Å²) in [5.41, 5.74) is 7.83. The summed E-state index contributed by atoms with van der Waals surface area (Å²) < 4.78 is 0. The summed E-state index contributed by atoms with van der Waals surface area (Å²) in [5.74, 6) is 0. The van der Waals surface area contributed by atoms with Crippen LogP contribution < -0.4 is 11.1 Å². The molecule has 0 fully saturated rings. The average molecular weight is 276 g/mol. The van der Waals surface area contributed by atoms with Crippen molar-refractivity contribution in [2.45, 2.75) is 58.9 Å². The zero-order valence-electron chi connectivity index (χ0n) is 13.5. The molecule has 2 nitrogen and oxygen atoms in total. The number of unbranched alkanes of at least 4 members (excludes halogenated alkanes) is 2. The van der Waals surface area contributed by atoms with E-state index in [1.807, 2.05) is 6.07 Å². The largest absolute Gasteiger partial charge is 0.324 e. The van der Waals surface area contributed by atoms with Crippen molar-refractivity contribution in [2.75, 3.05) is 13.1 Å². The first-order valence-corrected chi connectivity index (χ1v) is 8.06. The van der Waals surface area contributed by atoms with Crippen LogP contribution in [-0.2, 0) is 0 Å². The lowest BCUT2D eigenvalue weighted by atomic mass is 9.87. The Morgan fingerprint density at radius 3 is 2.50 bits per heavy atom. The van der Waals surface area contributed by atoms with Gasteiger partial charge < -0.3 is 11.1 Å². The molecule has 0 aliphatic carbocycles. The van der Waals surface area contributed by atoms with Crippen molar-refractivity contribution < 1.29 is 0 Å². The SMILES string of the molecule is CCCCCC(C)(C)CNCCC(N)c1ccccc1. The van der Waals surface area contributed by atoms with Crippen LogP contribution in [0.5, 0.6) is 0 Å². The number of hydrogen-bond donors (Lipinski definition) is 2. The van der Waals surface area contributed by atoms with E-state index in [-0.39, 0.29) is 6.04 Å². The molecule has 0 amide bonds. The topological polar surface area (TPSA) is 38.0 Å². The van der Waals surface area contributed by atoms with Crippen LogP contribution >= 0.6 is 0 Å². The number of hydrogen-bond acceptors (Lipinski definition) is 2. The lowest BCUT2D eigenvalue weighted by Crippen LogP contribution is -2.31. The predicted molar refractivity (Wildman–Crippen MR) is 88.8 cm³/mol. The van der Waals surface area contributed by atoms with Crippen molar-refractivity contribution in [1.29, 1.82) is 0 Å². The van der Waals surface area contributed by atoms with Crippen molar-refractivity contribution in [3.05, 3.63) is 35.9 Å². The highest BCUT2D eigenvalue weighted by Gasteiger charge is 2.16. The first-order valence-electron chi connectivity index (χ1n) is 8.06. The van der Waals surface area contributed by atoms with Crippen LogP contribution in [0.25, 0.3) is 0 Å². The minimum Gasteiger partial charge on any atom is -0.324 e. The fourth-order valence-corrected chi connectivity index (χ4v) is 2.49. The molecular formula is C18H32N2. The molecule has 0 spiro atoms. The van der Waals surface area contributed by atoms with Gasteiger partial charge in [-0.15, -0.1) is 0 Å². The first-order chi connectivity index (χ1) is 9.55. The monoisotopic (exact) mass is 276 g/mol. The van der Waals surface area contributed by atoms with Crippen molar-refractivity contribution in [1.82, 2.24) is 5.32 Å². The van der Waals surface area contributed by atoms with Gasteiger partial charge in [0.1, 0.15) is 0 Å². The second kappa shape index (κ2) is 9.15. The molecule has 0 saturated carbocycles. The van der Waals surface area contributed by atoms with Gasteiger partial charge in [0, 0.05) is 12.6 Å². The highest BCUT2D eigenvalue weighted by molar-refractivity contribution is 5.18. The van der Waals surface area contributed by atoms with Gasteiger partial charge in [-0.05, 0) is 30.4 Å². The molecule has 3 N–H and O–H groups in total. The van der Waals surface area contributed by atoms with Gasteiger partial charge >= 0.3 is 0 Å². The standard InChI is InChI=1S/C18H32N2/c1-4-5-9-13-18(2,3)15-20-14-12-17(19)16-10-7-6-8-11-16/h6-8,10-11,17,20H,4-5,9,12-15,19H2,1-3H3. The fourth-order valence-electron chi connectivity index (χ4n) is 2.49. The Hall–Kier alpha value is -0.860. The van der Waals surface area contributed by atoms with Crippen LogP contribution in [0.15, 0.2) is 30.3 Å². The van der Waals surface area contributed by atoms with E-state index >= 15 is 0 Å². The molecule has 114 valence electrons. The van der Waals surface area contributed by atoms with Crippen molar-refractivity contribution in [2.24, 2.45) is 11.1 Å². The zero-order valence-corrected chi connectivity index (χ0v) is 13.5. The molecule has 0 aliphatic rings. The van der Waals surface area contributed by atoms with Crippen molar-refractivity contribution in [3.8, 4) is 0 Å². The lowest BCUT2D eigenvalue weighted by molar-refractivity contribution is 0.301. The molecule has 1 aromatic carbocycles. The van der Waals surface area contributed by atoms with Gasteiger partial charge in [0.25, 0.3) is 0 Å². The minimum absolute atomic E-state index is 0.145. The van der Waals surface area contributed by atoms with Crippen LogP contribution in [0.4, 0.5) is 0 Å². The molecule has 20 heavy (non-hydrogen) atoms. The third-order valence-corrected chi connectivity index (χ3v) is 3.92. The van der Waals surface area contributed by atoms with E-state index in [9.17, 15) is 0 Å². The molecular weight excluding hydrogens is 244 g/mol. The summed E-state index contributed by atoms with van der Waals surface area (Å²) in [6.07, 6.45) is 6.29. The maximum Gasteiger partial charge on any atom is 0.0306 e.